The number of hydrogen-bond acceptors (Lipinski definition) is 3. The van der Waals surface area contributed by atoms with E-state index in [1.807, 2.05) is 11.3 Å². The highest BCUT2D eigenvalue weighted by atomic mass is 32.1. The number of rotatable bonds is 6. The lowest BCUT2D eigenvalue weighted by atomic mass is 10.1. The lowest BCUT2D eigenvalue weighted by Gasteiger charge is -2.05. The van der Waals surface area contributed by atoms with Crippen LogP contribution >= 0.6 is 11.3 Å². The molecule has 1 N–H and O–H groups in total. The Labute approximate surface area is 121 Å². The third-order valence-electron chi connectivity index (χ3n) is 4.34. The first kappa shape index (κ1) is 13.6. The average molecular weight is 278 g/mol. The van der Waals surface area contributed by atoms with E-state index in [1.165, 1.54) is 34.8 Å². The van der Waals surface area contributed by atoms with E-state index in [-0.39, 0.29) is 0 Å². The Morgan fingerprint density at radius 2 is 2.05 bits per heavy atom. The van der Waals surface area contributed by atoms with Crippen LogP contribution in [0.2, 0.25) is 0 Å². The van der Waals surface area contributed by atoms with Crippen LogP contribution in [0.5, 0.6) is 0 Å². The van der Waals surface area contributed by atoms with Crippen LogP contribution in [0.1, 0.15) is 68.5 Å². The monoisotopic (exact) mass is 278 g/mol. The Balaban J connectivity index is 1.74. The molecule has 1 aromatic rings. The van der Waals surface area contributed by atoms with Crippen molar-refractivity contribution in [3.63, 3.8) is 0 Å². The SMILES string of the molecule is CC(C)Cc1nc(C2CC2(C)C)sc1CNC1CC1. The van der Waals surface area contributed by atoms with E-state index >= 15 is 0 Å². The summed E-state index contributed by atoms with van der Waals surface area (Å²) in [5.41, 5.74) is 1.86. The van der Waals surface area contributed by atoms with Gasteiger partial charge >= 0.3 is 0 Å². The summed E-state index contributed by atoms with van der Waals surface area (Å²) in [6.07, 6.45) is 5.17. The maximum atomic E-state index is 4.98. The van der Waals surface area contributed by atoms with Crippen LogP contribution in [0.15, 0.2) is 0 Å². The zero-order valence-electron chi connectivity index (χ0n) is 12.6. The summed E-state index contributed by atoms with van der Waals surface area (Å²) in [7, 11) is 0. The van der Waals surface area contributed by atoms with Gasteiger partial charge in [0.05, 0.1) is 10.7 Å². The second kappa shape index (κ2) is 4.85. The number of thiazole rings is 1. The average Bonchev–Trinajstić information content (AvgIpc) is 3.19. The molecule has 0 aromatic carbocycles. The van der Waals surface area contributed by atoms with Crippen LogP contribution in [-0.4, -0.2) is 11.0 Å². The van der Waals surface area contributed by atoms with Gasteiger partial charge in [-0.15, -0.1) is 11.3 Å². The fraction of sp³-hybridized carbons (Fsp3) is 0.812. The number of aromatic nitrogens is 1. The molecule has 106 valence electrons. The third-order valence-corrected chi connectivity index (χ3v) is 5.55. The number of hydrogen-bond donors (Lipinski definition) is 1. The first-order valence-corrected chi connectivity index (χ1v) is 8.49. The van der Waals surface area contributed by atoms with Gasteiger partial charge in [-0.1, -0.05) is 27.7 Å². The van der Waals surface area contributed by atoms with Gasteiger partial charge in [-0.05, 0) is 37.0 Å². The van der Waals surface area contributed by atoms with Crippen LogP contribution in [0.4, 0.5) is 0 Å². The lowest BCUT2D eigenvalue weighted by Crippen LogP contribution is -2.15. The molecule has 2 saturated carbocycles. The molecule has 2 fully saturated rings. The molecular weight excluding hydrogens is 252 g/mol. The van der Waals surface area contributed by atoms with Gasteiger partial charge in [0.2, 0.25) is 0 Å². The molecule has 0 saturated heterocycles. The van der Waals surface area contributed by atoms with Crippen LogP contribution in [0.3, 0.4) is 0 Å². The van der Waals surface area contributed by atoms with E-state index in [0.29, 0.717) is 11.3 Å². The zero-order valence-corrected chi connectivity index (χ0v) is 13.4. The minimum absolute atomic E-state index is 0.494. The van der Waals surface area contributed by atoms with Crippen LogP contribution < -0.4 is 5.32 Å². The first-order chi connectivity index (χ1) is 8.95. The van der Waals surface area contributed by atoms with Crippen LogP contribution in [-0.2, 0) is 13.0 Å². The summed E-state index contributed by atoms with van der Waals surface area (Å²) in [4.78, 5) is 6.48. The second-order valence-electron chi connectivity index (χ2n) is 7.42. The molecule has 0 spiro atoms. The fourth-order valence-electron chi connectivity index (χ4n) is 2.65. The van der Waals surface area contributed by atoms with Gasteiger partial charge in [0, 0.05) is 23.4 Å². The highest BCUT2D eigenvalue weighted by molar-refractivity contribution is 7.11. The topological polar surface area (TPSA) is 24.9 Å². The van der Waals surface area contributed by atoms with E-state index in [2.05, 4.69) is 33.0 Å². The molecule has 3 heteroatoms. The molecule has 2 nitrogen and oxygen atoms in total. The predicted octanol–water partition coefficient (Wildman–Crippen LogP) is 4.11. The van der Waals surface area contributed by atoms with E-state index in [1.54, 1.807) is 0 Å². The smallest absolute Gasteiger partial charge is 0.0968 e. The molecular formula is C16H26N2S. The van der Waals surface area contributed by atoms with Crippen molar-refractivity contribution in [2.24, 2.45) is 11.3 Å². The Morgan fingerprint density at radius 3 is 2.58 bits per heavy atom. The lowest BCUT2D eigenvalue weighted by molar-refractivity contribution is 0.610. The van der Waals surface area contributed by atoms with Crippen molar-refractivity contribution >= 4 is 11.3 Å². The Kier molecular flexibility index (Phi) is 3.46. The van der Waals surface area contributed by atoms with Gasteiger partial charge in [0.25, 0.3) is 0 Å². The summed E-state index contributed by atoms with van der Waals surface area (Å²) in [5, 5.41) is 5.05. The molecule has 0 amide bonds. The van der Waals surface area contributed by atoms with Crippen molar-refractivity contribution in [1.82, 2.24) is 10.3 Å². The molecule has 1 aromatic heterocycles. The van der Waals surface area contributed by atoms with Gasteiger partial charge in [0.1, 0.15) is 0 Å². The normalized spacial score (nSPS) is 25.0. The summed E-state index contributed by atoms with van der Waals surface area (Å²) in [6, 6.07) is 0.787. The second-order valence-corrected chi connectivity index (χ2v) is 8.54. The first-order valence-electron chi connectivity index (χ1n) is 7.67. The summed E-state index contributed by atoms with van der Waals surface area (Å²) in [5.74, 6) is 1.42. The Bertz CT molecular complexity index is 457. The van der Waals surface area contributed by atoms with E-state index in [4.69, 9.17) is 4.98 Å². The molecule has 3 rings (SSSR count). The van der Waals surface area contributed by atoms with Crippen LogP contribution in [0, 0.1) is 11.3 Å². The Morgan fingerprint density at radius 1 is 1.37 bits per heavy atom. The van der Waals surface area contributed by atoms with E-state index in [9.17, 15) is 0 Å². The van der Waals surface area contributed by atoms with Gasteiger partial charge < -0.3 is 5.32 Å². The summed E-state index contributed by atoms with van der Waals surface area (Å²) < 4.78 is 0. The molecule has 0 bridgehead atoms. The van der Waals surface area contributed by atoms with Crippen molar-refractivity contribution in [2.45, 2.75) is 71.9 Å². The predicted molar refractivity (Wildman–Crippen MR) is 81.7 cm³/mol. The van der Waals surface area contributed by atoms with Gasteiger partial charge in [0.15, 0.2) is 0 Å². The molecule has 0 radical (unpaired) electrons. The molecule has 2 aliphatic rings. The fourth-order valence-corrected chi connectivity index (χ4v) is 4.01. The quantitative estimate of drug-likeness (QED) is 0.847. The van der Waals surface area contributed by atoms with Crippen molar-refractivity contribution in [2.75, 3.05) is 0 Å². The van der Waals surface area contributed by atoms with Crippen molar-refractivity contribution in [3.05, 3.63) is 15.6 Å². The molecule has 19 heavy (non-hydrogen) atoms. The standard InChI is InChI=1S/C16H26N2S/c1-10(2)7-13-14(9-17-11-5-6-11)19-15(18-13)12-8-16(12,3)4/h10-12,17H,5-9H2,1-4H3. The molecule has 1 atom stereocenters. The summed E-state index contributed by atoms with van der Waals surface area (Å²) >= 11 is 1.97. The third kappa shape index (κ3) is 3.19. The van der Waals surface area contributed by atoms with E-state index < -0.39 is 0 Å². The number of nitrogens with one attached hydrogen (secondary N) is 1. The van der Waals surface area contributed by atoms with Gasteiger partial charge in [-0.25, -0.2) is 4.98 Å². The molecule has 1 heterocycles. The highest BCUT2D eigenvalue weighted by Crippen LogP contribution is 2.59. The van der Waals surface area contributed by atoms with Crippen molar-refractivity contribution in [1.29, 1.82) is 0 Å². The van der Waals surface area contributed by atoms with Crippen molar-refractivity contribution in [3.8, 4) is 0 Å². The van der Waals surface area contributed by atoms with Gasteiger partial charge in [-0.3, -0.25) is 0 Å². The van der Waals surface area contributed by atoms with Crippen molar-refractivity contribution < 1.29 is 0 Å². The van der Waals surface area contributed by atoms with Gasteiger partial charge in [-0.2, -0.15) is 0 Å². The zero-order chi connectivity index (χ0) is 13.6. The number of nitrogens with zero attached hydrogens (tertiary/aromatic N) is 1. The molecule has 2 aliphatic carbocycles. The molecule has 1 unspecified atom stereocenters. The highest BCUT2D eigenvalue weighted by Gasteiger charge is 2.48. The largest absolute Gasteiger partial charge is 0.309 e. The maximum Gasteiger partial charge on any atom is 0.0968 e. The summed E-state index contributed by atoms with van der Waals surface area (Å²) in [6.45, 7) is 10.3. The Hall–Kier alpha value is -0.410. The van der Waals surface area contributed by atoms with Crippen LogP contribution in [0.25, 0.3) is 0 Å². The minimum Gasteiger partial charge on any atom is -0.309 e. The molecule has 0 aliphatic heterocycles. The van der Waals surface area contributed by atoms with E-state index in [0.717, 1.165) is 24.9 Å². The minimum atomic E-state index is 0.494. The maximum absolute atomic E-state index is 4.98.